The fourth-order valence-corrected chi connectivity index (χ4v) is 4.40. The van der Waals surface area contributed by atoms with E-state index in [0.717, 1.165) is 0 Å². The lowest BCUT2D eigenvalue weighted by atomic mass is 9.94. The molecule has 1 unspecified atom stereocenters. The summed E-state index contributed by atoms with van der Waals surface area (Å²) < 4.78 is 16.5. The van der Waals surface area contributed by atoms with Gasteiger partial charge in [0.15, 0.2) is 0 Å². The highest BCUT2D eigenvalue weighted by atomic mass is 35.5. The van der Waals surface area contributed by atoms with Crippen molar-refractivity contribution in [3.8, 4) is 17.2 Å². The van der Waals surface area contributed by atoms with Gasteiger partial charge in [-0.3, -0.25) is 14.5 Å². The highest BCUT2D eigenvalue weighted by Crippen LogP contribution is 2.44. The summed E-state index contributed by atoms with van der Waals surface area (Å²) in [5, 5.41) is 11.8. The molecule has 1 atom stereocenters. The summed E-state index contributed by atoms with van der Waals surface area (Å²) in [4.78, 5) is 28.2. The van der Waals surface area contributed by atoms with Crippen LogP contribution in [0.1, 0.15) is 31.0 Å². The SMILES string of the molecule is CCOc1ccc(C2/C(=C(\O)c3cc(Cl)ccc3OC)C(=O)C(=O)N2c2cccc(OCC)c2)cc1. The number of carbonyl (C=O) groups is 2. The molecule has 3 aromatic rings. The van der Waals surface area contributed by atoms with E-state index in [1.165, 1.54) is 18.1 Å². The van der Waals surface area contributed by atoms with Crippen LogP contribution < -0.4 is 19.1 Å². The van der Waals surface area contributed by atoms with Gasteiger partial charge in [0.25, 0.3) is 11.7 Å². The van der Waals surface area contributed by atoms with Crippen molar-refractivity contribution in [2.75, 3.05) is 25.2 Å². The number of benzene rings is 3. The Morgan fingerprint density at radius 2 is 1.64 bits per heavy atom. The van der Waals surface area contributed by atoms with Gasteiger partial charge in [-0.25, -0.2) is 0 Å². The van der Waals surface area contributed by atoms with Gasteiger partial charge in [-0.2, -0.15) is 0 Å². The Hall–Kier alpha value is -3.97. The zero-order chi connectivity index (χ0) is 25.8. The zero-order valence-electron chi connectivity index (χ0n) is 20.2. The first-order valence-electron chi connectivity index (χ1n) is 11.5. The van der Waals surface area contributed by atoms with E-state index in [2.05, 4.69) is 0 Å². The number of aliphatic hydroxyl groups excluding tert-OH is 1. The lowest BCUT2D eigenvalue weighted by Gasteiger charge is -2.26. The van der Waals surface area contributed by atoms with E-state index in [-0.39, 0.29) is 16.9 Å². The first kappa shape index (κ1) is 25.1. The van der Waals surface area contributed by atoms with Gasteiger partial charge in [0.1, 0.15) is 23.0 Å². The number of rotatable bonds is 8. The van der Waals surface area contributed by atoms with Crippen LogP contribution in [-0.4, -0.2) is 37.1 Å². The number of methoxy groups -OCH3 is 1. The Bertz CT molecular complexity index is 1320. The fourth-order valence-electron chi connectivity index (χ4n) is 4.23. The minimum atomic E-state index is -0.916. The van der Waals surface area contributed by atoms with E-state index in [1.807, 2.05) is 13.8 Å². The number of ketones is 1. The lowest BCUT2D eigenvalue weighted by Crippen LogP contribution is -2.29. The molecule has 1 fully saturated rings. The minimum Gasteiger partial charge on any atom is -0.507 e. The van der Waals surface area contributed by atoms with Crippen molar-refractivity contribution in [1.82, 2.24) is 0 Å². The summed E-state index contributed by atoms with van der Waals surface area (Å²) >= 11 is 6.18. The van der Waals surface area contributed by atoms with E-state index >= 15 is 0 Å². The monoisotopic (exact) mass is 507 g/mol. The number of Topliss-reactive ketones (excluding diaryl/α,β-unsaturated/α-hetero) is 1. The van der Waals surface area contributed by atoms with E-state index < -0.39 is 17.7 Å². The number of aliphatic hydroxyl groups is 1. The molecule has 1 saturated heterocycles. The molecule has 1 aliphatic rings. The van der Waals surface area contributed by atoms with Gasteiger partial charge < -0.3 is 19.3 Å². The molecule has 0 aromatic heterocycles. The van der Waals surface area contributed by atoms with Crippen molar-refractivity contribution < 1.29 is 28.9 Å². The van der Waals surface area contributed by atoms with Crippen molar-refractivity contribution in [2.45, 2.75) is 19.9 Å². The standard InChI is InChI=1S/C28H26ClNO6/c1-4-35-20-12-9-17(10-13-20)25-24(26(31)22-15-18(29)11-14-23(22)34-3)27(32)28(33)30(25)19-7-6-8-21(16-19)36-5-2/h6-16,25,31H,4-5H2,1-3H3/b26-24+. The average Bonchev–Trinajstić information content (AvgIpc) is 3.15. The molecule has 36 heavy (non-hydrogen) atoms. The van der Waals surface area contributed by atoms with Crippen molar-refractivity contribution in [3.63, 3.8) is 0 Å². The third-order valence-corrected chi connectivity index (χ3v) is 6.01. The summed E-state index contributed by atoms with van der Waals surface area (Å²) in [6, 6.07) is 17.8. The van der Waals surface area contributed by atoms with Crippen LogP contribution in [0.2, 0.25) is 5.02 Å². The summed E-state index contributed by atoms with van der Waals surface area (Å²) in [7, 11) is 1.45. The second kappa shape index (κ2) is 10.7. The van der Waals surface area contributed by atoms with Crippen LogP contribution in [0.3, 0.4) is 0 Å². The number of carbonyl (C=O) groups excluding carboxylic acids is 2. The smallest absolute Gasteiger partial charge is 0.300 e. The summed E-state index contributed by atoms with van der Waals surface area (Å²) in [5.74, 6) is -0.464. The third kappa shape index (κ3) is 4.75. The lowest BCUT2D eigenvalue weighted by molar-refractivity contribution is -0.132. The van der Waals surface area contributed by atoms with Crippen LogP contribution >= 0.6 is 11.6 Å². The second-order valence-corrected chi connectivity index (χ2v) is 8.38. The maximum Gasteiger partial charge on any atom is 0.300 e. The van der Waals surface area contributed by atoms with Crippen molar-refractivity contribution in [3.05, 3.63) is 88.5 Å². The predicted molar refractivity (Wildman–Crippen MR) is 138 cm³/mol. The van der Waals surface area contributed by atoms with Gasteiger partial charge in [0.05, 0.1) is 37.5 Å². The van der Waals surface area contributed by atoms with Gasteiger partial charge >= 0.3 is 0 Å². The maximum absolute atomic E-state index is 13.4. The molecule has 0 spiro atoms. The van der Waals surface area contributed by atoms with Gasteiger partial charge in [-0.1, -0.05) is 29.8 Å². The number of halogens is 1. The molecule has 1 heterocycles. The Kier molecular flexibility index (Phi) is 7.50. The van der Waals surface area contributed by atoms with Crippen LogP contribution in [-0.2, 0) is 9.59 Å². The van der Waals surface area contributed by atoms with E-state index in [4.69, 9.17) is 25.8 Å². The van der Waals surface area contributed by atoms with E-state index in [0.29, 0.717) is 46.7 Å². The third-order valence-electron chi connectivity index (χ3n) is 5.77. The van der Waals surface area contributed by atoms with Gasteiger partial charge in [0, 0.05) is 16.8 Å². The normalized spacial score (nSPS) is 16.8. The number of hydrogen-bond donors (Lipinski definition) is 1. The zero-order valence-corrected chi connectivity index (χ0v) is 20.9. The largest absolute Gasteiger partial charge is 0.507 e. The maximum atomic E-state index is 13.4. The van der Waals surface area contributed by atoms with Crippen molar-refractivity contribution in [1.29, 1.82) is 0 Å². The van der Waals surface area contributed by atoms with Gasteiger partial charge in [0.2, 0.25) is 0 Å². The highest BCUT2D eigenvalue weighted by Gasteiger charge is 2.47. The molecule has 186 valence electrons. The van der Waals surface area contributed by atoms with Crippen molar-refractivity contribution in [2.24, 2.45) is 0 Å². The van der Waals surface area contributed by atoms with Crippen LogP contribution in [0, 0.1) is 0 Å². The molecule has 7 nitrogen and oxygen atoms in total. The topological polar surface area (TPSA) is 85.3 Å². The number of ether oxygens (including phenoxy) is 3. The molecule has 1 N–H and O–H groups in total. The highest BCUT2D eigenvalue weighted by molar-refractivity contribution is 6.51. The predicted octanol–water partition coefficient (Wildman–Crippen LogP) is 5.77. The molecule has 3 aromatic carbocycles. The molecular formula is C28H26ClNO6. The first-order valence-corrected chi connectivity index (χ1v) is 11.9. The second-order valence-electron chi connectivity index (χ2n) is 7.95. The van der Waals surface area contributed by atoms with Crippen molar-refractivity contribution >= 4 is 34.7 Å². The summed E-state index contributed by atoms with van der Waals surface area (Å²) in [6.07, 6.45) is 0. The number of anilines is 1. The molecule has 0 bridgehead atoms. The van der Waals surface area contributed by atoms with Crippen LogP contribution in [0.15, 0.2) is 72.3 Å². The fraction of sp³-hybridized carbons (Fsp3) is 0.214. The Labute approximate surface area is 214 Å². The molecule has 0 saturated carbocycles. The van der Waals surface area contributed by atoms with Crippen LogP contribution in [0.4, 0.5) is 5.69 Å². The summed E-state index contributed by atoms with van der Waals surface area (Å²) in [5.41, 5.74) is 1.20. The van der Waals surface area contributed by atoms with Crippen LogP contribution in [0.5, 0.6) is 17.2 Å². The molecule has 0 aliphatic carbocycles. The molecular weight excluding hydrogens is 482 g/mol. The molecule has 0 radical (unpaired) electrons. The Balaban J connectivity index is 1.94. The first-order chi connectivity index (χ1) is 17.4. The van der Waals surface area contributed by atoms with Crippen LogP contribution in [0.25, 0.3) is 5.76 Å². The molecule has 1 aliphatic heterocycles. The quantitative estimate of drug-likeness (QED) is 0.236. The molecule has 1 amide bonds. The van der Waals surface area contributed by atoms with Gasteiger partial charge in [-0.05, 0) is 61.9 Å². The van der Waals surface area contributed by atoms with E-state index in [1.54, 1.807) is 60.7 Å². The minimum absolute atomic E-state index is 0.0773. The van der Waals surface area contributed by atoms with E-state index in [9.17, 15) is 14.7 Å². The molecule has 4 rings (SSSR count). The molecule has 8 heteroatoms. The number of amides is 1. The summed E-state index contributed by atoms with van der Waals surface area (Å²) in [6.45, 7) is 4.68. The average molecular weight is 508 g/mol. The number of nitrogens with zero attached hydrogens (tertiary/aromatic N) is 1. The number of hydrogen-bond acceptors (Lipinski definition) is 6. The Morgan fingerprint density at radius 3 is 2.31 bits per heavy atom. The Morgan fingerprint density at radius 1 is 0.944 bits per heavy atom. The van der Waals surface area contributed by atoms with Gasteiger partial charge in [-0.15, -0.1) is 0 Å².